The van der Waals surface area contributed by atoms with Gasteiger partial charge < -0.3 is 10.8 Å². The lowest BCUT2D eigenvalue weighted by molar-refractivity contribution is -0.136. The number of hydrogen-bond acceptors (Lipinski definition) is 2. The Kier molecular flexibility index (Phi) is 3.29. The van der Waals surface area contributed by atoms with Crippen molar-refractivity contribution in [2.24, 2.45) is 0 Å². The molecule has 0 fully saturated rings. The summed E-state index contributed by atoms with van der Waals surface area (Å²) < 4.78 is 0. The van der Waals surface area contributed by atoms with Crippen molar-refractivity contribution in [3.63, 3.8) is 0 Å². The third-order valence-corrected chi connectivity index (χ3v) is 2.00. The van der Waals surface area contributed by atoms with Crippen LogP contribution >= 0.6 is 0 Å². The molecule has 3 nitrogen and oxygen atoms in total. The monoisotopic (exact) mass is 191 g/mol. The smallest absolute Gasteiger partial charge is 0.307 e. The molecule has 1 aromatic carbocycles. The van der Waals surface area contributed by atoms with Crippen molar-refractivity contribution in [3.8, 4) is 0 Å². The Morgan fingerprint density at radius 3 is 2.86 bits per heavy atom. The van der Waals surface area contributed by atoms with Crippen molar-refractivity contribution in [3.05, 3.63) is 42.0 Å². The van der Waals surface area contributed by atoms with Crippen molar-refractivity contribution in [1.29, 1.82) is 0 Å². The van der Waals surface area contributed by atoms with Crippen LogP contribution in [0.5, 0.6) is 0 Å². The Morgan fingerprint density at radius 1 is 1.57 bits per heavy atom. The van der Waals surface area contributed by atoms with Crippen molar-refractivity contribution >= 4 is 11.7 Å². The maximum atomic E-state index is 10.6. The Morgan fingerprint density at radius 2 is 2.29 bits per heavy atom. The third-order valence-electron chi connectivity index (χ3n) is 2.00. The second-order valence-corrected chi connectivity index (χ2v) is 3.05. The summed E-state index contributed by atoms with van der Waals surface area (Å²) in [5.41, 5.74) is 8.00. The van der Waals surface area contributed by atoms with Crippen LogP contribution < -0.4 is 5.73 Å². The highest BCUT2D eigenvalue weighted by molar-refractivity contribution is 5.72. The van der Waals surface area contributed by atoms with Gasteiger partial charge in [-0.3, -0.25) is 4.79 Å². The number of nitrogens with two attached hydrogens (primary N) is 1. The maximum absolute atomic E-state index is 10.6. The van der Waals surface area contributed by atoms with Crippen LogP contribution in [0, 0.1) is 0 Å². The number of benzene rings is 1. The third kappa shape index (κ3) is 2.36. The van der Waals surface area contributed by atoms with Crippen LogP contribution in [0.2, 0.25) is 0 Å². The zero-order valence-electron chi connectivity index (χ0n) is 7.86. The summed E-state index contributed by atoms with van der Waals surface area (Å²) >= 11 is 0. The van der Waals surface area contributed by atoms with E-state index in [4.69, 9.17) is 10.8 Å². The molecule has 3 heteroatoms. The van der Waals surface area contributed by atoms with Crippen LogP contribution in [-0.4, -0.2) is 11.1 Å². The number of carboxylic acids is 1. The van der Waals surface area contributed by atoms with Crippen molar-refractivity contribution in [2.75, 3.05) is 5.73 Å². The first-order valence-corrected chi connectivity index (χ1v) is 4.34. The van der Waals surface area contributed by atoms with Gasteiger partial charge in [0, 0.05) is 5.69 Å². The van der Waals surface area contributed by atoms with Gasteiger partial charge in [-0.25, -0.2) is 0 Å². The molecule has 0 radical (unpaired) electrons. The van der Waals surface area contributed by atoms with E-state index in [1.54, 1.807) is 24.3 Å². The summed E-state index contributed by atoms with van der Waals surface area (Å²) in [5, 5.41) is 8.68. The number of carboxylic acid groups (broad SMARTS) is 1. The van der Waals surface area contributed by atoms with E-state index in [9.17, 15) is 4.79 Å². The molecular formula is C11H13NO2. The minimum atomic E-state index is -0.846. The van der Waals surface area contributed by atoms with Gasteiger partial charge in [-0.2, -0.15) is 0 Å². The van der Waals surface area contributed by atoms with Gasteiger partial charge in [0.2, 0.25) is 0 Å². The van der Waals surface area contributed by atoms with Crippen LogP contribution in [-0.2, 0) is 17.6 Å². The molecule has 0 atom stereocenters. The van der Waals surface area contributed by atoms with Crippen LogP contribution in [0.1, 0.15) is 11.1 Å². The van der Waals surface area contributed by atoms with Crippen LogP contribution in [0.3, 0.4) is 0 Å². The fourth-order valence-corrected chi connectivity index (χ4v) is 1.38. The number of aliphatic carboxylic acids is 1. The van der Waals surface area contributed by atoms with Crippen LogP contribution in [0.15, 0.2) is 30.9 Å². The average Bonchev–Trinajstić information content (AvgIpc) is 2.10. The predicted molar refractivity (Wildman–Crippen MR) is 56.1 cm³/mol. The van der Waals surface area contributed by atoms with Crippen molar-refractivity contribution in [2.45, 2.75) is 12.8 Å². The molecule has 74 valence electrons. The van der Waals surface area contributed by atoms with Gasteiger partial charge in [-0.15, -0.1) is 6.58 Å². The van der Waals surface area contributed by atoms with E-state index >= 15 is 0 Å². The van der Waals surface area contributed by atoms with E-state index in [2.05, 4.69) is 6.58 Å². The fraction of sp³-hybridized carbons (Fsp3) is 0.182. The second kappa shape index (κ2) is 4.46. The molecule has 0 bridgehead atoms. The standard InChI is InChI=1S/C11H13NO2/c1-2-4-9-8(7-11(13)14)5-3-6-10(9)12/h2-3,5-6H,1,4,7,12H2,(H,13,14). The molecule has 0 saturated heterocycles. The molecule has 1 rings (SSSR count). The molecule has 0 saturated carbocycles. The van der Waals surface area contributed by atoms with Gasteiger partial charge in [0.1, 0.15) is 0 Å². The quantitative estimate of drug-likeness (QED) is 0.561. The van der Waals surface area contributed by atoms with E-state index in [1.165, 1.54) is 0 Å². The molecule has 0 aliphatic heterocycles. The van der Waals surface area contributed by atoms with Crippen molar-refractivity contribution < 1.29 is 9.90 Å². The first-order chi connectivity index (χ1) is 6.65. The summed E-state index contributed by atoms with van der Waals surface area (Å²) in [5.74, 6) is -0.846. The van der Waals surface area contributed by atoms with E-state index in [-0.39, 0.29) is 6.42 Å². The zero-order valence-corrected chi connectivity index (χ0v) is 7.86. The van der Waals surface area contributed by atoms with Crippen LogP contribution in [0.25, 0.3) is 0 Å². The van der Waals surface area contributed by atoms with Gasteiger partial charge in [-0.1, -0.05) is 18.2 Å². The molecule has 0 amide bonds. The number of rotatable bonds is 4. The number of anilines is 1. The van der Waals surface area contributed by atoms with Gasteiger partial charge in [0.15, 0.2) is 0 Å². The SMILES string of the molecule is C=CCc1c(N)cccc1CC(=O)O. The van der Waals surface area contributed by atoms with Crippen LogP contribution in [0.4, 0.5) is 5.69 Å². The summed E-state index contributed by atoms with van der Waals surface area (Å²) in [4.78, 5) is 10.6. The van der Waals surface area contributed by atoms with Gasteiger partial charge >= 0.3 is 5.97 Å². The molecule has 14 heavy (non-hydrogen) atoms. The minimum absolute atomic E-state index is 0.00815. The summed E-state index contributed by atoms with van der Waals surface area (Å²) in [7, 11) is 0. The van der Waals surface area contributed by atoms with Gasteiger partial charge in [0.05, 0.1) is 6.42 Å². The Bertz CT molecular complexity index is 358. The molecule has 0 aliphatic rings. The highest BCUT2D eigenvalue weighted by Crippen LogP contribution is 2.18. The highest BCUT2D eigenvalue weighted by Gasteiger charge is 2.07. The lowest BCUT2D eigenvalue weighted by Crippen LogP contribution is -2.05. The fourth-order valence-electron chi connectivity index (χ4n) is 1.38. The first kappa shape index (κ1) is 10.3. The normalized spacial score (nSPS) is 9.71. The Labute approximate surface area is 82.9 Å². The maximum Gasteiger partial charge on any atom is 0.307 e. The first-order valence-electron chi connectivity index (χ1n) is 4.34. The van der Waals surface area contributed by atoms with E-state index in [0.29, 0.717) is 12.1 Å². The molecular weight excluding hydrogens is 178 g/mol. The molecule has 0 aliphatic carbocycles. The topological polar surface area (TPSA) is 63.3 Å². The second-order valence-electron chi connectivity index (χ2n) is 3.05. The van der Waals surface area contributed by atoms with E-state index in [1.807, 2.05) is 0 Å². The minimum Gasteiger partial charge on any atom is -0.481 e. The molecule has 0 spiro atoms. The molecule has 0 aromatic heterocycles. The lowest BCUT2D eigenvalue weighted by atomic mass is 10.00. The largest absolute Gasteiger partial charge is 0.481 e. The molecule has 0 heterocycles. The summed E-state index contributed by atoms with van der Waals surface area (Å²) in [6, 6.07) is 5.31. The number of carbonyl (C=O) groups is 1. The average molecular weight is 191 g/mol. The van der Waals surface area contributed by atoms with Crippen molar-refractivity contribution in [1.82, 2.24) is 0 Å². The molecule has 0 unspecified atom stereocenters. The molecule has 3 N–H and O–H groups in total. The zero-order chi connectivity index (χ0) is 10.6. The van der Waals surface area contributed by atoms with E-state index < -0.39 is 5.97 Å². The van der Waals surface area contributed by atoms with Gasteiger partial charge in [-0.05, 0) is 23.6 Å². The highest BCUT2D eigenvalue weighted by atomic mass is 16.4. The van der Waals surface area contributed by atoms with E-state index in [0.717, 1.165) is 11.1 Å². The molecule has 1 aromatic rings. The summed E-state index contributed by atoms with van der Waals surface area (Å²) in [6.07, 6.45) is 2.33. The van der Waals surface area contributed by atoms with Gasteiger partial charge in [0.25, 0.3) is 0 Å². The number of hydrogen-bond donors (Lipinski definition) is 2. The predicted octanol–water partition coefficient (Wildman–Crippen LogP) is 1.62. The number of allylic oxidation sites excluding steroid dienone is 1. The lowest BCUT2D eigenvalue weighted by Gasteiger charge is -2.08. The Hall–Kier alpha value is -1.77. The Balaban J connectivity index is 3.06. The number of nitrogen functional groups attached to an aromatic ring is 1. The summed E-state index contributed by atoms with van der Waals surface area (Å²) in [6.45, 7) is 3.61.